The van der Waals surface area contributed by atoms with Crippen LogP contribution in [0, 0.1) is 5.92 Å². The summed E-state index contributed by atoms with van der Waals surface area (Å²) in [5.74, 6) is 0.751. The van der Waals surface area contributed by atoms with Gasteiger partial charge >= 0.3 is 5.97 Å². The maximum absolute atomic E-state index is 11.4. The Morgan fingerprint density at radius 1 is 1.59 bits per heavy atom. The zero-order valence-electron chi connectivity index (χ0n) is 9.81. The summed E-state index contributed by atoms with van der Waals surface area (Å²) < 4.78 is 10.1. The number of nitrogens with two attached hydrogens (primary N) is 1. The average molecular weight is 236 g/mol. The van der Waals surface area contributed by atoms with Crippen molar-refractivity contribution in [1.29, 1.82) is 0 Å². The van der Waals surface area contributed by atoms with Gasteiger partial charge in [0, 0.05) is 6.07 Å². The Balaban J connectivity index is 1.98. The fraction of sp³-hybridized carbons (Fsp3) is 0.500. The lowest BCUT2D eigenvalue weighted by atomic mass is 10.2. The summed E-state index contributed by atoms with van der Waals surface area (Å²) in [7, 11) is 1.32. The number of pyridine rings is 1. The molecule has 0 aromatic carbocycles. The average Bonchev–Trinajstić information content (AvgIpc) is 3.14. The van der Waals surface area contributed by atoms with Gasteiger partial charge in [0.2, 0.25) is 5.88 Å². The number of nitrogens with zero attached hydrogens (tertiary/aromatic N) is 1. The van der Waals surface area contributed by atoms with Crippen molar-refractivity contribution < 1.29 is 14.3 Å². The summed E-state index contributed by atoms with van der Waals surface area (Å²) in [4.78, 5) is 15.4. The SMILES string of the molecule is COC(=O)c1cc(OCCC2CC2)ncc1N. The molecule has 0 atom stereocenters. The summed E-state index contributed by atoms with van der Waals surface area (Å²) >= 11 is 0. The van der Waals surface area contributed by atoms with Gasteiger partial charge in [0.1, 0.15) is 0 Å². The summed E-state index contributed by atoms with van der Waals surface area (Å²) in [6.45, 7) is 0.627. The summed E-state index contributed by atoms with van der Waals surface area (Å²) in [6.07, 6.45) is 5.05. The minimum Gasteiger partial charge on any atom is -0.478 e. The molecule has 1 heterocycles. The number of hydrogen-bond acceptors (Lipinski definition) is 5. The molecule has 0 saturated heterocycles. The third-order valence-corrected chi connectivity index (χ3v) is 2.79. The van der Waals surface area contributed by atoms with E-state index in [1.54, 1.807) is 0 Å². The largest absolute Gasteiger partial charge is 0.478 e. The van der Waals surface area contributed by atoms with E-state index in [1.807, 2.05) is 0 Å². The lowest BCUT2D eigenvalue weighted by Gasteiger charge is -2.07. The van der Waals surface area contributed by atoms with Gasteiger partial charge in [-0.3, -0.25) is 0 Å². The van der Waals surface area contributed by atoms with E-state index in [0.29, 0.717) is 23.7 Å². The highest BCUT2D eigenvalue weighted by atomic mass is 16.5. The molecule has 5 nitrogen and oxygen atoms in total. The standard InChI is InChI=1S/C12H16N2O3/c1-16-12(15)9-6-11(14-7-10(9)13)17-5-4-8-2-3-8/h6-8H,2-5,13H2,1H3. The number of rotatable bonds is 5. The molecule has 2 rings (SSSR count). The molecule has 1 aliphatic rings. The van der Waals surface area contributed by atoms with Crippen LogP contribution in [0.5, 0.6) is 5.88 Å². The van der Waals surface area contributed by atoms with Gasteiger partial charge in [0.05, 0.1) is 31.2 Å². The Labute approximate surface area is 99.9 Å². The number of hydrogen-bond donors (Lipinski definition) is 1. The molecule has 1 saturated carbocycles. The first-order valence-electron chi connectivity index (χ1n) is 5.67. The molecule has 0 bridgehead atoms. The van der Waals surface area contributed by atoms with Crippen LogP contribution in [0.2, 0.25) is 0 Å². The molecule has 2 N–H and O–H groups in total. The zero-order chi connectivity index (χ0) is 12.3. The Morgan fingerprint density at radius 3 is 3.00 bits per heavy atom. The maximum atomic E-state index is 11.4. The van der Waals surface area contributed by atoms with Crippen LogP contribution in [0.3, 0.4) is 0 Å². The van der Waals surface area contributed by atoms with Crippen molar-refractivity contribution >= 4 is 11.7 Å². The van der Waals surface area contributed by atoms with E-state index >= 15 is 0 Å². The molecule has 0 aliphatic heterocycles. The minimum absolute atomic E-state index is 0.295. The van der Waals surface area contributed by atoms with Gasteiger partial charge in [0.25, 0.3) is 0 Å². The number of aromatic nitrogens is 1. The van der Waals surface area contributed by atoms with Crippen LogP contribution in [0.15, 0.2) is 12.3 Å². The van der Waals surface area contributed by atoms with Crippen molar-refractivity contribution in [2.75, 3.05) is 19.5 Å². The Kier molecular flexibility index (Phi) is 3.46. The number of nitrogen functional groups attached to an aromatic ring is 1. The predicted octanol–water partition coefficient (Wildman–Crippen LogP) is 1.63. The fourth-order valence-corrected chi connectivity index (χ4v) is 1.55. The number of carbonyl (C=O) groups excluding carboxylic acids is 1. The normalized spacial score (nSPS) is 14.4. The molecule has 17 heavy (non-hydrogen) atoms. The van der Waals surface area contributed by atoms with Gasteiger partial charge in [-0.2, -0.15) is 0 Å². The summed E-state index contributed by atoms with van der Waals surface area (Å²) in [5, 5.41) is 0. The quantitative estimate of drug-likeness (QED) is 0.786. The van der Waals surface area contributed by atoms with E-state index in [0.717, 1.165) is 12.3 Å². The van der Waals surface area contributed by atoms with E-state index in [4.69, 9.17) is 10.5 Å². The Hall–Kier alpha value is -1.78. The van der Waals surface area contributed by atoms with E-state index < -0.39 is 5.97 Å². The van der Waals surface area contributed by atoms with E-state index in [9.17, 15) is 4.79 Å². The first-order chi connectivity index (χ1) is 8.20. The minimum atomic E-state index is -0.475. The van der Waals surface area contributed by atoms with Gasteiger partial charge in [-0.05, 0) is 12.3 Å². The Morgan fingerprint density at radius 2 is 2.35 bits per heavy atom. The number of methoxy groups -OCH3 is 1. The van der Waals surface area contributed by atoms with Crippen LogP contribution in [0.1, 0.15) is 29.6 Å². The predicted molar refractivity (Wildman–Crippen MR) is 62.8 cm³/mol. The van der Waals surface area contributed by atoms with Gasteiger partial charge in [-0.1, -0.05) is 12.8 Å². The van der Waals surface area contributed by atoms with Crippen molar-refractivity contribution in [3.05, 3.63) is 17.8 Å². The van der Waals surface area contributed by atoms with Crippen LogP contribution in [0.4, 0.5) is 5.69 Å². The summed E-state index contributed by atoms with van der Waals surface area (Å²) in [6, 6.07) is 1.52. The van der Waals surface area contributed by atoms with Gasteiger partial charge < -0.3 is 15.2 Å². The number of ether oxygens (including phenoxy) is 2. The van der Waals surface area contributed by atoms with Crippen LogP contribution >= 0.6 is 0 Å². The highest BCUT2D eigenvalue weighted by molar-refractivity contribution is 5.95. The van der Waals surface area contributed by atoms with Crippen molar-refractivity contribution in [3.63, 3.8) is 0 Å². The first-order valence-corrected chi connectivity index (χ1v) is 5.67. The van der Waals surface area contributed by atoms with Crippen LogP contribution in [-0.4, -0.2) is 24.7 Å². The molecule has 1 aliphatic carbocycles. The summed E-state index contributed by atoms with van der Waals surface area (Å²) in [5.41, 5.74) is 6.23. The smallest absolute Gasteiger partial charge is 0.340 e. The highest BCUT2D eigenvalue weighted by Crippen LogP contribution is 2.32. The van der Waals surface area contributed by atoms with E-state index in [1.165, 1.54) is 32.2 Å². The zero-order valence-corrected chi connectivity index (χ0v) is 9.81. The number of carbonyl (C=O) groups is 1. The molecule has 1 aromatic heterocycles. The Bertz CT molecular complexity index is 416. The second-order valence-corrected chi connectivity index (χ2v) is 4.18. The van der Waals surface area contributed by atoms with Crippen molar-refractivity contribution in [2.45, 2.75) is 19.3 Å². The van der Waals surface area contributed by atoms with Crippen LogP contribution in [-0.2, 0) is 4.74 Å². The molecule has 0 spiro atoms. The maximum Gasteiger partial charge on any atom is 0.340 e. The van der Waals surface area contributed by atoms with Crippen molar-refractivity contribution in [2.24, 2.45) is 5.92 Å². The lowest BCUT2D eigenvalue weighted by Crippen LogP contribution is -2.08. The molecule has 5 heteroatoms. The molecule has 0 amide bonds. The van der Waals surface area contributed by atoms with E-state index in [2.05, 4.69) is 9.72 Å². The van der Waals surface area contributed by atoms with Gasteiger partial charge in [0.15, 0.2) is 0 Å². The molecule has 0 unspecified atom stereocenters. The first kappa shape index (κ1) is 11.7. The van der Waals surface area contributed by atoms with Crippen LogP contribution < -0.4 is 10.5 Å². The second-order valence-electron chi connectivity index (χ2n) is 4.18. The van der Waals surface area contributed by atoms with E-state index in [-0.39, 0.29) is 0 Å². The van der Waals surface area contributed by atoms with Gasteiger partial charge in [-0.15, -0.1) is 0 Å². The lowest BCUT2D eigenvalue weighted by molar-refractivity contribution is 0.0601. The third-order valence-electron chi connectivity index (χ3n) is 2.79. The molecule has 1 aromatic rings. The molecular formula is C12H16N2O3. The number of anilines is 1. The molecular weight excluding hydrogens is 220 g/mol. The highest BCUT2D eigenvalue weighted by Gasteiger charge is 2.21. The molecule has 0 radical (unpaired) electrons. The third kappa shape index (κ3) is 3.09. The van der Waals surface area contributed by atoms with Crippen LogP contribution in [0.25, 0.3) is 0 Å². The second kappa shape index (κ2) is 5.03. The molecule has 92 valence electrons. The fourth-order valence-electron chi connectivity index (χ4n) is 1.55. The molecule has 1 fully saturated rings. The number of esters is 1. The topological polar surface area (TPSA) is 74.4 Å². The monoisotopic (exact) mass is 236 g/mol. The van der Waals surface area contributed by atoms with Gasteiger partial charge in [-0.25, -0.2) is 9.78 Å². The van der Waals surface area contributed by atoms with Crippen molar-refractivity contribution in [1.82, 2.24) is 4.98 Å². The van der Waals surface area contributed by atoms with Crippen molar-refractivity contribution in [3.8, 4) is 5.88 Å².